The fourth-order valence-corrected chi connectivity index (χ4v) is 6.40. The number of rotatable bonds is 5. The molecule has 4 aliphatic heterocycles. The topological polar surface area (TPSA) is 82.7 Å². The van der Waals surface area contributed by atoms with E-state index in [0.29, 0.717) is 56.4 Å². The number of hydrogen-bond acceptors (Lipinski definition) is 8. The van der Waals surface area contributed by atoms with Crippen LogP contribution in [0.4, 0.5) is 20.3 Å². The molecule has 4 aliphatic rings. The summed E-state index contributed by atoms with van der Waals surface area (Å²) in [6.07, 6.45) is 3.93. The zero-order valence-corrected chi connectivity index (χ0v) is 21.5. The van der Waals surface area contributed by atoms with Crippen LogP contribution in [0.1, 0.15) is 57.4 Å². The quantitative estimate of drug-likeness (QED) is 0.493. The maximum absolute atomic E-state index is 14.5. The van der Waals surface area contributed by atoms with Crippen molar-refractivity contribution in [2.45, 2.75) is 69.8 Å². The molecule has 12 heteroatoms. The number of ether oxygens (including phenoxy) is 3. The monoisotopic (exact) mass is 529 g/mol. The van der Waals surface area contributed by atoms with Gasteiger partial charge in [-0.3, -0.25) is 0 Å². The number of hydrogen-bond donors (Lipinski definition) is 0. The lowest BCUT2D eigenvalue weighted by atomic mass is 10.1. The van der Waals surface area contributed by atoms with E-state index in [4.69, 9.17) is 24.3 Å². The first-order valence-electron chi connectivity index (χ1n) is 13.7. The molecule has 3 unspecified atom stereocenters. The van der Waals surface area contributed by atoms with Gasteiger partial charge in [-0.2, -0.15) is 14.9 Å². The van der Waals surface area contributed by atoms with Crippen LogP contribution in [0.25, 0.3) is 16.9 Å². The molecule has 0 saturated carbocycles. The van der Waals surface area contributed by atoms with Crippen molar-refractivity contribution in [1.29, 1.82) is 0 Å². The lowest BCUT2D eigenvalue weighted by Gasteiger charge is -2.38. The molecule has 38 heavy (non-hydrogen) atoms. The average molecular weight is 530 g/mol. The van der Waals surface area contributed by atoms with Crippen molar-refractivity contribution < 1.29 is 23.0 Å². The molecule has 4 fully saturated rings. The highest BCUT2D eigenvalue weighted by Crippen LogP contribution is 2.41. The van der Waals surface area contributed by atoms with Crippen LogP contribution in [0, 0.1) is 0 Å². The van der Waals surface area contributed by atoms with E-state index in [1.807, 2.05) is 12.3 Å². The first-order valence-corrected chi connectivity index (χ1v) is 13.7. The average Bonchev–Trinajstić information content (AvgIpc) is 3.63. The Morgan fingerprint density at radius 2 is 1.82 bits per heavy atom. The molecule has 0 aliphatic carbocycles. The molecule has 2 bridgehead atoms. The van der Waals surface area contributed by atoms with Crippen LogP contribution in [0.15, 0.2) is 18.3 Å². The minimum Gasteiger partial charge on any atom is -0.377 e. The summed E-state index contributed by atoms with van der Waals surface area (Å²) in [6, 6.07) is 4.25. The van der Waals surface area contributed by atoms with Crippen LogP contribution in [-0.4, -0.2) is 82.2 Å². The van der Waals surface area contributed by atoms with Gasteiger partial charge < -0.3 is 24.0 Å². The van der Waals surface area contributed by atoms with E-state index in [9.17, 15) is 8.78 Å². The largest absolute Gasteiger partial charge is 0.377 e. The summed E-state index contributed by atoms with van der Waals surface area (Å²) in [5.74, 6) is 1.23. The maximum atomic E-state index is 14.5. The van der Waals surface area contributed by atoms with E-state index in [2.05, 4.69) is 21.8 Å². The number of anilines is 2. The highest BCUT2D eigenvalue weighted by atomic mass is 19.3. The second-order valence-corrected chi connectivity index (χ2v) is 10.7. The molecule has 10 nitrogen and oxygen atoms in total. The molecule has 204 valence electrons. The number of halogens is 2. The number of aromatic nitrogens is 5. The van der Waals surface area contributed by atoms with Crippen molar-refractivity contribution >= 4 is 22.5 Å². The molecule has 0 radical (unpaired) electrons. The minimum atomic E-state index is -2.76. The Labute approximate surface area is 219 Å². The predicted molar refractivity (Wildman–Crippen MR) is 136 cm³/mol. The van der Waals surface area contributed by atoms with Crippen molar-refractivity contribution in [3.63, 3.8) is 0 Å². The number of pyridine rings is 1. The van der Waals surface area contributed by atoms with Crippen molar-refractivity contribution in [1.82, 2.24) is 24.5 Å². The Morgan fingerprint density at radius 3 is 2.55 bits per heavy atom. The molecule has 7 heterocycles. The zero-order valence-electron chi connectivity index (χ0n) is 21.5. The van der Waals surface area contributed by atoms with Crippen molar-refractivity contribution in [3.8, 4) is 5.82 Å². The lowest BCUT2D eigenvalue weighted by Crippen LogP contribution is -2.47. The summed E-state index contributed by atoms with van der Waals surface area (Å²) in [4.78, 5) is 9.50. The fraction of sp³-hybridized carbons (Fsp3) is 0.654. The van der Waals surface area contributed by atoms with E-state index in [1.54, 1.807) is 10.7 Å². The van der Waals surface area contributed by atoms with E-state index in [1.165, 1.54) is 4.68 Å². The first kappa shape index (κ1) is 24.2. The van der Waals surface area contributed by atoms with Gasteiger partial charge >= 0.3 is 0 Å². The minimum absolute atomic E-state index is 0.0279. The Morgan fingerprint density at radius 1 is 0.974 bits per heavy atom. The summed E-state index contributed by atoms with van der Waals surface area (Å²) in [5, 5.41) is 9.51. The standard InChI is InChI=1S/C26H33F2N7O3/c1-16-13-36-11-9-32(16)19-12-21(34-17-5-6-18(34)15-37-14-17)29-26-23(19)24(25(27)28)31-35(26)20-7-8-33(30-20)22-4-2-3-10-38-22/h7-8,12,16-18,22,25H,2-6,9-11,13-15H2,1H3/t16-,17?,18?,22?/m1/s1. The van der Waals surface area contributed by atoms with Gasteiger partial charge in [0.1, 0.15) is 17.7 Å². The van der Waals surface area contributed by atoms with Crippen molar-refractivity contribution in [3.05, 3.63) is 24.0 Å². The Kier molecular flexibility index (Phi) is 6.20. The van der Waals surface area contributed by atoms with Gasteiger partial charge in [-0.05, 0) is 39.0 Å². The fourth-order valence-electron chi connectivity index (χ4n) is 6.40. The van der Waals surface area contributed by atoms with Gasteiger partial charge in [0, 0.05) is 37.5 Å². The molecule has 0 spiro atoms. The molecule has 4 saturated heterocycles. The van der Waals surface area contributed by atoms with Gasteiger partial charge in [0.05, 0.1) is 49.6 Å². The van der Waals surface area contributed by atoms with Gasteiger partial charge in [0.2, 0.25) is 0 Å². The van der Waals surface area contributed by atoms with E-state index < -0.39 is 6.43 Å². The Hall–Kier alpha value is -2.83. The van der Waals surface area contributed by atoms with E-state index in [0.717, 1.165) is 43.6 Å². The molecular formula is C26H33F2N7O3. The van der Waals surface area contributed by atoms with Crippen LogP contribution < -0.4 is 9.80 Å². The highest BCUT2D eigenvalue weighted by Gasteiger charge is 2.40. The molecule has 3 aromatic rings. The SMILES string of the molecule is C[C@@H]1COCCN1c1cc(N2C3CCC2COC3)nc2c1c(C(F)F)nn2-c1ccn(C2CCCCO2)n1. The van der Waals surface area contributed by atoms with E-state index >= 15 is 0 Å². The number of nitrogens with zero attached hydrogens (tertiary/aromatic N) is 7. The summed E-state index contributed by atoms with van der Waals surface area (Å²) in [5.41, 5.74) is 0.844. The van der Waals surface area contributed by atoms with Crippen LogP contribution in [0.2, 0.25) is 0 Å². The van der Waals surface area contributed by atoms with E-state index in [-0.39, 0.29) is 30.0 Å². The van der Waals surface area contributed by atoms with Crippen LogP contribution in [0.5, 0.6) is 0 Å². The van der Waals surface area contributed by atoms with Gasteiger partial charge in [-0.15, -0.1) is 0 Å². The van der Waals surface area contributed by atoms with Gasteiger partial charge in [-0.25, -0.2) is 18.4 Å². The third-order valence-electron chi connectivity index (χ3n) is 8.28. The molecule has 7 rings (SSSR count). The summed E-state index contributed by atoms with van der Waals surface area (Å²) >= 11 is 0. The normalized spacial score (nSPS) is 28.1. The van der Waals surface area contributed by atoms with Gasteiger partial charge in [-0.1, -0.05) is 0 Å². The molecule has 0 N–H and O–H groups in total. The van der Waals surface area contributed by atoms with Gasteiger partial charge in [0.25, 0.3) is 6.43 Å². The number of fused-ring (bicyclic) bond motifs is 3. The van der Waals surface area contributed by atoms with Crippen LogP contribution in [0.3, 0.4) is 0 Å². The summed E-state index contributed by atoms with van der Waals surface area (Å²) in [7, 11) is 0. The summed E-state index contributed by atoms with van der Waals surface area (Å²) < 4.78 is 49.7. The van der Waals surface area contributed by atoms with Crippen molar-refractivity contribution in [2.24, 2.45) is 0 Å². The third kappa shape index (κ3) is 4.04. The zero-order chi connectivity index (χ0) is 25.8. The third-order valence-corrected chi connectivity index (χ3v) is 8.28. The molecular weight excluding hydrogens is 496 g/mol. The Bertz CT molecular complexity index is 1290. The smallest absolute Gasteiger partial charge is 0.282 e. The second kappa shape index (κ2) is 9.73. The molecule has 3 aromatic heterocycles. The van der Waals surface area contributed by atoms with Gasteiger partial charge in [0.15, 0.2) is 11.5 Å². The highest BCUT2D eigenvalue weighted by molar-refractivity contribution is 5.95. The lowest BCUT2D eigenvalue weighted by molar-refractivity contribution is -0.0395. The second-order valence-electron chi connectivity index (χ2n) is 10.7. The number of morpholine rings is 2. The summed E-state index contributed by atoms with van der Waals surface area (Å²) in [6.45, 7) is 5.72. The van der Waals surface area contributed by atoms with Crippen LogP contribution in [-0.2, 0) is 14.2 Å². The Balaban J connectivity index is 1.40. The predicted octanol–water partition coefficient (Wildman–Crippen LogP) is 3.85. The van der Waals surface area contributed by atoms with Crippen molar-refractivity contribution in [2.75, 3.05) is 49.4 Å². The first-order chi connectivity index (χ1) is 18.6. The number of alkyl halides is 2. The maximum Gasteiger partial charge on any atom is 0.282 e. The van der Waals surface area contributed by atoms with Crippen LogP contribution >= 0.6 is 0 Å². The molecule has 0 amide bonds. The molecule has 0 aromatic carbocycles. The molecule has 4 atom stereocenters.